The Morgan fingerprint density at radius 3 is 2.25 bits per heavy atom. The Bertz CT molecular complexity index is 292. The Morgan fingerprint density at radius 1 is 1.05 bits per heavy atom. The second kappa shape index (κ2) is 6.79. The fourth-order valence-corrected chi connectivity index (χ4v) is 4.19. The summed E-state index contributed by atoms with van der Waals surface area (Å²) in [7, 11) is 0. The van der Waals surface area contributed by atoms with Crippen LogP contribution in [0.2, 0.25) is 0 Å². The molecule has 0 aromatic rings. The summed E-state index contributed by atoms with van der Waals surface area (Å²) in [5.74, 6) is 0.882. The van der Waals surface area contributed by atoms with E-state index in [4.69, 9.17) is 0 Å². The molecule has 0 amide bonds. The largest absolute Gasteiger partial charge is 0.308 e. The molecule has 20 heavy (non-hydrogen) atoms. The lowest BCUT2D eigenvalue weighted by molar-refractivity contribution is -0.0258. The smallest absolute Gasteiger partial charge is 0.0335 e. The third-order valence-electron chi connectivity index (χ3n) is 6.25. The molecule has 1 aliphatic heterocycles. The van der Waals surface area contributed by atoms with E-state index in [-0.39, 0.29) is 0 Å². The number of rotatable bonds is 5. The Balaban J connectivity index is 2.13. The van der Waals surface area contributed by atoms with Crippen LogP contribution in [0.3, 0.4) is 0 Å². The van der Waals surface area contributed by atoms with Gasteiger partial charge in [0.05, 0.1) is 0 Å². The maximum Gasteiger partial charge on any atom is 0.0335 e. The summed E-state index contributed by atoms with van der Waals surface area (Å²) in [6.07, 6.45) is 11.1. The molecule has 0 radical (unpaired) electrons. The summed E-state index contributed by atoms with van der Waals surface area (Å²) in [6, 6.07) is 0. The van der Waals surface area contributed by atoms with Crippen molar-refractivity contribution in [1.82, 2.24) is 10.2 Å². The SMILES string of the molecule is CCC(CC)CN1CC(C)(CC)NCC12CCCCC2. The van der Waals surface area contributed by atoms with Crippen LogP contribution in [0, 0.1) is 5.92 Å². The zero-order chi connectivity index (χ0) is 14.6. The standard InChI is InChI=1S/C18H36N2/c1-5-16(6-2)13-20-15-17(4,7-3)19-14-18(20)11-9-8-10-12-18/h16,19H,5-15H2,1-4H3. The summed E-state index contributed by atoms with van der Waals surface area (Å²) in [5.41, 5.74) is 0.810. The normalized spacial score (nSPS) is 31.1. The van der Waals surface area contributed by atoms with Crippen LogP contribution in [-0.4, -0.2) is 35.6 Å². The number of piperazine rings is 1. The van der Waals surface area contributed by atoms with E-state index in [1.807, 2.05) is 0 Å². The van der Waals surface area contributed by atoms with Crippen LogP contribution in [0.4, 0.5) is 0 Å². The van der Waals surface area contributed by atoms with Gasteiger partial charge in [-0.2, -0.15) is 0 Å². The molecule has 1 N–H and O–H groups in total. The average Bonchev–Trinajstić information content (AvgIpc) is 2.49. The molecule has 1 aliphatic carbocycles. The molecule has 2 rings (SSSR count). The summed E-state index contributed by atoms with van der Waals surface area (Å²) >= 11 is 0. The van der Waals surface area contributed by atoms with Crippen LogP contribution in [-0.2, 0) is 0 Å². The molecule has 118 valence electrons. The van der Waals surface area contributed by atoms with E-state index in [1.54, 1.807) is 0 Å². The van der Waals surface area contributed by atoms with Crippen LogP contribution < -0.4 is 5.32 Å². The van der Waals surface area contributed by atoms with Crippen molar-refractivity contribution in [2.45, 2.75) is 90.1 Å². The van der Waals surface area contributed by atoms with Crippen molar-refractivity contribution in [3.8, 4) is 0 Å². The zero-order valence-electron chi connectivity index (χ0n) is 14.3. The monoisotopic (exact) mass is 280 g/mol. The average molecular weight is 280 g/mol. The maximum absolute atomic E-state index is 3.90. The molecular formula is C18H36N2. The van der Waals surface area contributed by atoms with Gasteiger partial charge in [-0.15, -0.1) is 0 Å². The minimum Gasteiger partial charge on any atom is -0.308 e. The quantitative estimate of drug-likeness (QED) is 0.812. The second-order valence-electron chi connectivity index (χ2n) is 7.62. The van der Waals surface area contributed by atoms with Crippen molar-refractivity contribution in [3.05, 3.63) is 0 Å². The van der Waals surface area contributed by atoms with E-state index in [0.717, 1.165) is 5.92 Å². The summed E-state index contributed by atoms with van der Waals surface area (Å²) < 4.78 is 0. The highest BCUT2D eigenvalue weighted by Crippen LogP contribution is 2.38. The topological polar surface area (TPSA) is 15.3 Å². The first-order valence-electron chi connectivity index (χ1n) is 9.07. The zero-order valence-corrected chi connectivity index (χ0v) is 14.3. The van der Waals surface area contributed by atoms with Crippen molar-refractivity contribution >= 4 is 0 Å². The molecule has 0 bridgehead atoms. The molecule has 1 saturated carbocycles. The van der Waals surface area contributed by atoms with Gasteiger partial charge in [-0.05, 0) is 32.1 Å². The molecule has 0 aromatic heterocycles. The van der Waals surface area contributed by atoms with Gasteiger partial charge in [0.15, 0.2) is 0 Å². The second-order valence-corrected chi connectivity index (χ2v) is 7.62. The van der Waals surface area contributed by atoms with Gasteiger partial charge in [-0.1, -0.05) is 52.9 Å². The maximum atomic E-state index is 3.90. The van der Waals surface area contributed by atoms with Gasteiger partial charge < -0.3 is 5.32 Å². The minimum atomic E-state index is 0.328. The Morgan fingerprint density at radius 2 is 1.70 bits per heavy atom. The molecule has 2 aliphatic rings. The van der Waals surface area contributed by atoms with Gasteiger partial charge in [0, 0.05) is 30.7 Å². The van der Waals surface area contributed by atoms with Crippen molar-refractivity contribution in [2.75, 3.05) is 19.6 Å². The van der Waals surface area contributed by atoms with E-state index >= 15 is 0 Å². The first-order valence-corrected chi connectivity index (χ1v) is 9.07. The highest BCUT2D eigenvalue weighted by atomic mass is 15.3. The number of nitrogens with one attached hydrogen (secondary N) is 1. The Labute approximate surface area is 126 Å². The molecule has 2 heteroatoms. The molecule has 1 saturated heterocycles. The molecular weight excluding hydrogens is 244 g/mol. The molecule has 0 aromatic carbocycles. The van der Waals surface area contributed by atoms with Crippen LogP contribution in [0.5, 0.6) is 0 Å². The summed E-state index contributed by atoms with van der Waals surface area (Å²) in [6.45, 7) is 13.3. The van der Waals surface area contributed by atoms with Gasteiger partial charge in [-0.3, -0.25) is 4.90 Å². The van der Waals surface area contributed by atoms with Gasteiger partial charge in [0.2, 0.25) is 0 Å². The van der Waals surface area contributed by atoms with Gasteiger partial charge in [0.25, 0.3) is 0 Å². The highest BCUT2D eigenvalue weighted by molar-refractivity contribution is 5.04. The third-order valence-corrected chi connectivity index (χ3v) is 6.25. The molecule has 2 fully saturated rings. The predicted molar refractivity (Wildman–Crippen MR) is 88.2 cm³/mol. The summed E-state index contributed by atoms with van der Waals surface area (Å²) in [4.78, 5) is 2.91. The highest BCUT2D eigenvalue weighted by Gasteiger charge is 2.45. The molecule has 2 nitrogen and oxygen atoms in total. The van der Waals surface area contributed by atoms with Crippen LogP contribution in [0.1, 0.15) is 79.1 Å². The lowest BCUT2D eigenvalue weighted by atomic mass is 9.75. The fraction of sp³-hybridized carbons (Fsp3) is 1.00. The first-order chi connectivity index (χ1) is 9.57. The predicted octanol–water partition coefficient (Wildman–Crippen LogP) is 4.20. The molecule has 1 spiro atoms. The summed E-state index contributed by atoms with van der Waals surface area (Å²) in [5, 5.41) is 3.90. The molecule has 1 heterocycles. The van der Waals surface area contributed by atoms with Crippen LogP contribution in [0.25, 0.3) is 0 Å². The van der Waals surface area contributed by atoms with Crippen molar-refractivity contribution < 1.29 is 0 Å². The number of hydrogen-bond acceptors (Lipinski definition) is 2. The third kappa shape index (κ3) is 3.39. The van der Waals surface area contributed by atoms with Crippen LogP contribution in [0.15, 0.2) is 0 Å². The molecule has 1 unspecified atom stereocenters. The lowest BCUT2D eigenvalue weighted by Gasteiger charge is -2.56. The van der Waals surface area contributed by atoms with Gasteiger partial charge >= 0.3 is 0 Å². The fourth-order valence-electron chi connectivity index (χ4n) is 4.19. The molecule has 1 atom stereocenters. The van der Waals surface area contributed by atoms with E-state index < -0.39 is 0 Å². The lowest BCUT2D eigenvalue weighted by Crippen LogP contribution is -2.70. The van der Waals surface area contributed by atoms with Crippen molar-refractivity contribution in [1.29, 1.82) is 0 Å². The van der Waals surface area contributed by atoms with E-state index in [0.29, 0.717) is 11.1 Å². The van der Waals surface area contributed by atoms with Crippen molar-refractivity contribution in [3.63, 3.8) is 0 Å². The van der Waals surface area contributed by atoms with E-state index in [9.17, 15) is 0 Å². The Hall–Kier alpha value is -0.0800. The van der Waals surface area contributed by atoms with Crippen molar-refractivity contribution in [2.24, 2.45) is 5.92 Å². The van der Waals surface area contributed by atoms with E-state index in [1.165, 1.54) is 71.0 Å². The number of nitrogens with zero attached hydrogens (tertiary/aromatic N) is 1. The van der Waals surface area contributed by atoms with E-state index in [2.05, 4.69) is 37.9 Å². The van der Waals surface area contributed by atoms with Gasteiger partial charge in [-0.25, -0.2) is 0 Å². The first kappa shape index (κ1) is 16.3. The Kier molecular flexibility index (Phi) is 5.53. The van der Waals surface area contributed by atoms with Crippen LogP contribution >= 0.6 is 0 Å². The minimum absolute atomic E-state index is 0.328. The van der Waals surface area contributed by atoms with Gasteiger partial charge in [0.1, 0.15) is 0 Å². The number of hydrogen-bond donors (Lipinski definition) is 1.